The summed E-state index contributed by atoms with van der Waals surface area (Å²) in [5.74, 6) is 0.149. The van der Waals surface area contributed by atoms with Crippen molar-refractivity contribution in [2.24, 2.45) is 0 Å². The van der Waals surface area contributed by atoms with Gasteiger partial charge >= 0.3 is 0 Å². The van der Waals surface area contributed by atoms with Crippen molar-refractivity contribution in [2.75, 3.05) is 0 Å². The highest BCUT2D eigenvalue weighted by molar-refractivity contribution is 5.97. The van der Waals surface area contributed by atoms with E-state index in [9.17, 15) is 14.0 Å². The van der Waals surface area contributed by atoms with E-state index in [-0.39, 0.29) is 35.5 Å². The lowest BCUT2D eigenvalue weighted by molar-refractivity contribution is 0.0970. The summed E-state index contributed by atoms with van der Waals surface area (Å²) < 4.78 is 19.9. The van der Waals surface area contributed by atoms with E-state index < -0.39 is 0 Å². The number of halogens is 1. The smallest absolute Gasteiger partial charge is 0.258 e. The zero-order valence-electron chi connectivity index (χ0n) is 16.3. The van der Waals surface area contributed by atoms with Gasteiger partial charge in [-0.05, 0) is 44.5 Å². The van der Waals surface area contributed by atoms with E-state index in [1.807, 2.05) is 20.8 Å². The quantitative estimate of drug-likeness (QED) is 0.593. The van der Waals surface area contributed by atoms with Gasteiger partial charge in [-0.3, -0.25) is 9.59 Å². The summed E-state index contributed by atoms with van der Waals surface area (Å²) in [6.45, 7) is 7.29. The van der Waals surface area contributed by atoms with Crippen LogP contribution in [0.3, 0.4) is 0 Å². The average molecular weight is 383 g/mol. The summed E-state index contributed by atoms with van der Waals surface area (Å²) in [5.41, 5.74) is 1.12. The van der Waals surface area contributed by atoms with Crippen LogP contribution in [-0.4, -0.2) is 20.5 Å². The molecular formula is C21H22FN3O3. The highest BCUT2D eigenvalue weighted by atomic mass is 19.1. The van der Waals surface area contributed by atoms with Crippen LogP contribution in [0.25, 0.3) is 11.1 Å². The SMILES string of the molecule is Cc1noc([C@@H](C)CC(=O)c2cc(-c3ccc(F)cc3)c(=O)n(C(C)C)c2)n1. The van der Waals surface area contributed by atoms with Gasteiger partial charge in [0.2, 0.25) is 5.89 Å². The predicted octanol–water partition coefficient (Wildman–Crippen LogP) is 4.30. The number of aryl methyl sites for hydroxylation is 1. The highest BCUT2D eigenvalue weighted by Gasteiger charge is 2.20. The minimum absolute atomic E-state index is 0.129. The van der Waals surface area contributed by atoms with E-state index >= 15 is 0 Å². The van der Waals surface area contributed by atoms with Gasteiger partial charge in [0, 0.05) is 35.7 Å². The molecule has 2 heterocycles. The van der Waals surface area contributed by atoms with Crippen LogP contribution in [0, 0.1) is 12.7 Å². The molecule has 1 aromatic carbocycles. The maximum Gasteiger partial charge on any atom is 0.258 e. The van der Waals surface area contributed by atoms with E-state index in [4.69, 9.17) is 4.52 Å². The van der Waals surface area contributed by atoms with Crippen molar-refractivity contribution in [1.29, 1.82) is 0 Å². The summed E-state index contributed by atoms with van der Waals surface area (Å²) in [5, 5.41) is 3.75. The molecule has 0 aliphatic rings. The van der Waals surface area contributed by atoms with E-state index in [0.717, 1.165) is 0 Å². The Morgan fingerprint density at radius 2 is 1.89 bits per heavy atom. The number of hydrogen-bond donors (Lipinski definition) is 0. The topological polar surface area (TPSA) is 78.0 Å². The Bertz CT molecular complexity index is 1050. The van der Waals surface area contributed by atoms with Crippen LogP contribution in [0.4, 0.5) is 4.39 Å². The number of pyridine rings is 1. The second kappa shape index (κ2) is 7.88. The highest BCUT2D eigenvalue weighted by Crippen LogP contribution is 2.23. The van der Waals surface area contributed by atoms with Crippen LogP contribution >= 0.6 is 0 Å². The molecule has 0 saturated heterocycles. The third-order valence-electron chi connectivity index (χ3n) is 4.53. The zero-order chi connectivity index (χ0) is 20.4. The third kappa shape index (κ3) is 4.08. The third-order valence-corrected chi connectivity index (χ3v) is 4.53. The lowest BCUT2D eigenvalue weighted by Gasteiger charge is -2.15. The van der Waals surface area contributed by atoms with Gasteiger partial charge in [0.15, 0.2) is 11.6 Å². The van der Waals surface area contributed by atoms with Crippen LogP contribution in [0.5, 0.6) is 0 Å². The number of rotatable bonds is 6. The van der Waals surface area contributed by atoms with Crippen LogP contribution in [0.1, 0.15) is 61.2 Å². The van der Waals surface area contributed by atoms with E-state index in [1.54, 1.807) is 19.2 Å². The molecule has 0 aliphatic heterocycles. The van der Waals surface area contributed by atoms with Crippen LogP contribution in [0.2, 0.25) is 0 Å². The molecule has 1 atom stereocenters. The van der Waals surface area contributed by atoms with Crippen molar-refractivity contribution >= 4 is 5.78 Å². The van der Waals surface area contributed by atoms with Gasteiger partial charge in [-0.1, -0.05) is 24.2 Å². The number of ketones is 1. The molecular weight excluding hydrogens is 361 g/mol. The maximum atomic E-state index is 13.3. The Kier molecular flexibility index (Phi) is 5.53. The summed E-state index contributed by atoms with van der Waals surface area (Å²) in [4.78, 5) is 29.9. The molecule has 28 heavy (non-hydrogen) atoms. The van der Waals surface area contributed by atoms with Crippen molar-refractivity contribution in [2.45, 2.75) is 46.1 Å². The Labute approximate surface area is 162 Å². The first-order valence-electron chi connectivity index (χ1n) is 9.11. The normalized spacial score (nSPS) is 12.4. The van der Waals surface area contributed by atoms with Crippen molar-refractivity contribution in [3.8, 4) is 11.1 Å². The van der Waals surface area contributed by atoms with Crippen molar-refractivity contribution in [3.05, 3.63) is 70.0 Å². The molecule has 0 radical (unpaired) electrons. The Morgan fingerprint density at radius 3 is 2.46 bits per heavy atom. The minimum atomic E-state index is -0.385. The second-order valence-electron chi connectivity index (χ2n) is 7.16. The number of Topliss-reactive ketones (excluding diaryl/α,β-unsaturated/α-hetero) is 1. The number of aromatic nitrogens is 3. The largest absolute Gasteiger partial charge is 0.339 e. The van der Waals surface area contributed by atoms with Gasteiger partial charge in [-0.25, -0.2) is 4.39 Å². The van der Waals surface area contributed by atoms with Crippen molar-refractivity contribution in [1.82, 2.24) is 14.7 Å². The monoisotopic (exact) mass is 383 g/mol. The number of carbonyl (C=O) groups excluding carboxylic acids is 1. The van der Waals surface area contributed by atoms with Gasteiger partial charge < -0.3 is 9.09 Å². The fourth-order valence-electron chi connectivity index (χ4n) is 2.97. The Morgan fingerprint density at radius 1 is 1.21 bits per heavy atom. The molecule has 0 saturated carbocycles. The Balaban J connectivity index is 1.99. The summed E-state index contributed by atoms with van der Waals surface area (Å²) >= 11 is 0. The number of benzene rings is 1. The molecule has 3 aromatic rings. The predicted molar refractivity (Wildman–Crippen MR) is 103 cm³/mol. The molecule has 7 heteroatoms. The van der Waals surface area contributed by atoms with Gasteiger partial charge in [0.1, 0.15) is 5.82 Å². The molecule has 3 rings (SSSR count). The lowest BCUT2D eigenvalue weighted by atomic mass is 9.98. The standard InChI is InChI=1S/C21H22FN3O3/c1-12(2)25-11-16(19(26)9-13(3)20-23-14(4)24-28-20)10-18(21(25)27)15-5-7-17(22)8-6-15/h5-8,10-13H,9H2,1-4H3/t13-/m0/s1. The van der Waals surface area contributed by atoms with Crippen molar-refractivity contribution < 1.29 is 13.7 Å². The van der Waals surface area contributed by atoms with Crippen LogP contribution in [-0.2, 0) is 0 Å². The van der Waals surface area contributed by atoms with E-state index in [0.29, 0.717) is 28.4 Å². The molecule has 0 aliphatic carbocycles. The van der Waals surface area contributed by atoms with Crippen LogP contribution < -0.4 is 5.56 Å². The summed E-state index contributed by atoms with van der Waals surface area (Å²) in [6, 6.07) is 7.11. The first kappa shape index (κ1) is 19.7. The molecule has 0 N–H and O–H groups in total. The summed E-state index contributed by atoms with van der Waals surface area (Å²) in [7, 11) is 0. The first-order valence-corrected chi connectivity index (χ1v) is 9.11. The summed E-state index contributed by atoms with van der Waals surface area (Å²) in [6.07, 6.45) is 1.74. The molecule has 0 fully saturated rings. The average Bonchev–Trinajstić information content (AvgIpc) is 3.09. The zero-order valence-corrected chi connectivity index (χ0v) is 16.3. The molecule has 0 spiro atoms. The van der Waals surface area contributed by atoms with Gasteiger partial charge in [-0.2, -0.15) is 4.98 Å². The molecule has 146 valence electrons. The molecule has 0 unspecified atom stereocenters. The molecule has 0 bridgehead atoms. The molecule has 0 amide bonds. The van der Waals surface area contributed by atoms with E-state index in [1.165, 1.54) is 28.8 Å². The number of carbonyl (C=O) groups is 1. The second-order valence-corrected chi connectivity index (χ2v) is 7.16. The minimum Gasteiger partial charge on any atom is -0.339 e. The van der Waals surface area contributed by atoms with Gasteiger partial charge in [0.25, 0.3) is 5.56 Å². The molecule has 6 nitrogen and oxygen atoms in total. The molecule has 2 aromatic heterocycles. The number of nitrogens with zero attached hydrogens (tertiary/aromatic N) is 3. The number of hydrogen-bond acceptors (Lipinski definition) is 5. The van der Waals surface area contributed by atoms with Crippen LogP contribution in [0.15, 0.2) is 45.8 Å². The van der Waals surface area contributed by atoms with E-state index in [2.05, 4.69) is 10.1 Å². The maximum absolute atomic E-state index is 13.3. The van der Waals surface area contributed by atoms with Gasteiger partial charge in [0.05, 0.1) is 0 Å². The fraction of sp³-hybridized carbons (Fsp3) is 0.333. The Hall–Kier alpha value is -3.09. The van der Waals surface area contributed by atoms with Crippen molar-refractivity contribution in [3.63, 3.8) is 0 Å². The first-order chi connectivity index (χ1) is 13.3. The lowest BCUT2D eigenvalue weighted by Crippen LogP contribution is -2.24. The van der Waals surface area contributed by atoms with Gasteiger partial charge in [-0.15, -0.1) is 0 Å². The fourth-order valence-corrected chi connectivity index (χ4v) is 2.97.